The summed E-state index contributed by atoms with van der Waals surface area (Å²) in [7, 11) is 0. The van der Waals surface area contributed by atoms with Crippen LogP contribution in [0.4, 0.5) is 0 Å². The molecule has 0 aliphatic rings. The van der Waals surface area contributed by atoms with Crippen molar-refractivity contribution in [3.63, 3.8) is 0 Å². The maximum atomic E-state index is 10.7. The van der Waals surface area contributed by atoms with Gasteiger partial charge in [-0.15, -0.1) is 0 Å². The molecule has 0 heterocycles. The Hall–Kier alpha value is -0.960. The standard InChI is InChI=1S/C13H18O2S/c1-11-4-3-5-13(10-11)15-7-9-16-8-6-12(2)14/h3-5,10H,6-9H2,1-2H3. The summed E-state index contributed by atoms with van der Waals surface area (Å²) in [6.07, 6.45) is 0.662. The Balaban J connectivity index is 2.09. The SMILES string of the molecule is CC(=O)CCSCCOc1cccc(C)c1. The molecule has 0 saturated heterocycles. The molecule has 0 aliphatic heterocycles. The number of aryl methyl sites for hydroxylation is 1. The highest BCUT2D eigenvalue weighted by Crippen LogP contribution is 2.13. The number of Topliss-reactive ketones (excluding diaryl/α,β-unsaturated/α-hetero) is 1. The van der Waals surface area contributed by atoms with Gasteiger partial charge >= 0.3 is 0 Å². The smallest absolute Gasteiger partial charge is 0.130 e. The lowest BCUT2D eigenvalue weighted by molar-refractivity contribution is -0.116. The molecule has 3 heteroatoms. The summed E-state index contributed by atoms with van der Waals surface area (Å²) in [6, 6.07) is 8.04. The van der Waals surface area contributed by atoms with Gasteiger partial charge in [0.25, 0.3) is 0 Å². The van der Waals surface area contributed by atoms with Gasteiger partial charge in [0.05, 0.1) is 6.61 Å². The maximum Gasteiger partial charge on any atom is 0.130 e. The Kier molecular flexibility index (Phi) is 6.01. The van der Waals surface area contributed by atoms with Gasteiger partial charge in [0.1, 0.15) is 11.5 Å². The number of carbonyl (C=O) groups is 1. The number of ketones is 1. The number of ether oxygens (including phenoxy) is 1. The van der Waals surface area contributed by atoms with Crippen LogP contribution in [-0.4, -0.2) is 23.9 Å². The molecule has 0 radical (unpaired) electrons. The molecule has 1 aromatic carbocycles. The van der Waals surface area contributed by atoms with Crippen molar-refractivity contribution in [2.24, 2.45) is 0 Å². The zero-order valence-electron chi connectivity index (χ0n) is 9.86. The molecule has 0 fully saturated rings. The van der Waals surface area contributed by atoms with E-state index in [1.807, 2.05) is 18.2 Å². The fraction of sp³-hybridized carbons (Fsp3) is 0.462. The predicted molar refractivity (Wildman–Crippen MR) is 69.3 cm³/mol. The number of rotatable bonds is 7. The molecule has 0 spiro atoms. The molecule has 88 valence electrons. The molecule has 0 N–H and O–H groups in total. The van der Waals surface area contributed by atoms with Gasteiger partial charge < -0.3 is 4.74 Å². The first-order valence-corrected chi connectivity index (χ1v) is 6.60. The maximum absolute atomic E-state index is 10.7. The van der Waals surface area contributed by atoms with Gasteiger partial charge in [-0.3, -0.25) is 4.79 Å². The monoisotopic (exact) mass is 238 g/mol. The van der Waals surface area contributed by atoms with Gasteiger partial charge in [0.15, 0.2) is 0 Å². The molecule has 0 bridgehead atoms. The highest BCUT2D eigenvalue weighted by atomic mass is 32.2. The number of benzene rings is 1. The van der Waals surface area contributed by atoms with E-state index in [0.29, 0.717) is 13.0 Å². The van der Waals surface area contributed by atoms with Crippen molar-refractivity contribution in [3.05, 3.63) is 29.8 Å². The van der Waals surface area contributed by atoms with Crippen molar-refractivity contribution < 1.29 is 9.53 Å². The molecule has 1 aromatic rings. The molecule has 0 aliphatic carbocycles. The van der Waals surface area contributed by atoms with E-state index in [0.717, 1.165) is 17.3 Å². The van der Waals surface area contributed by atoms with E-state index in [9.17, 15) is 4.79 Å². The second-order valence-corrected chi connectivity index (χ2v) is 4.95. The first-order valence-electron chi connectivity index (χ1n) is 5.45. The van der Waals surface area contributed by atoms with Crippen LogP contribution < -0.4 is 4.74 Å². The predicted octanol–water partition coefficient (Wildman–Crippen LogP) is 3.09. The zero-order valence-corrected chi connectivity index (χ0v) is 10.7. The zero-order chi connectivity index (χ0) is 11.8. The van der Waals surface area contributed by atoms with E-state index < -0.39 is 0 Å². The first-order chi connectivity index (χ1) is 7.68. The van der Waals surface area contributed by atoms with E-state index in [1.54, 1.807) is 18.7 Å². The Bertz CT molecular complexity index is 336. The fourth-order valence-electron chi connectivity index (χ4n) is 1.24. The lowest BCUT2D eigenvalue weighted by Gasteiger charge is -2.06. The lowest BCUT2D eigenvalue weighted by Crippen LogP contribution is -2.01. The van der Waals surface area contributed by atoms with Crippen molar-refractivity contribution >= 4 is 17.5 Å². The topological polar surface area (TPSA) is 26.3 Å². The Morgan fingerprint density at radius 2 is 2.19 bits per heavy atom. The van der Waals surface area contributed by atoms with Gasteiger partial charge in [0.2, 0.25) is 0 Å². The van der Waals surface area contributed by atoms with Crippen LogP contribution in [0.1, 0.15) is 18.9 Å². The Morgan fingerprint density at radius 1 is 1.38 bits per heavy atom. The number of thioether (sulfide) groups is 1. The van der Waals surface area contributed by atoms with Crippen molar-refractivity contribution in [2.45, 2.75) is 20.3 Å². The van der Waals surface area contributed by atoms with Crippen LogP contribution in [0.25, 0.3) is 0 Å². The van der Waals surface area contributed by atoms with E-state index >= 15 is 0 Å². The third-order valence-corrected chi connectivity index (χ3v) is 3.03. The van der Waals surface area contributed by atoms with E-state index in [2.05, 4.69) is 13.0 Å². The third-order valence-electron chi connectivity index (χ3n) is 2.08. The summed E-state index contributed by atoms with van der Waals surface area (Å²) < 4.78 is 5.59. The van der Waals surface area contributed by atoms with Gasteiger partial charge in [-0.25, -0.2) is 0 Å². The summed E-state index contributed by atoms with van der Waals surface area (Å²) in [4.78, 5) is 10.7. The van der Waals surface area contributed by atoms with Crippen LogP contribution >= 0.6 is 11.8 Å². The summed E-state index contributed by atoms with van der Waals surface area (Å²) in [5.74, 6) is 3.01. The third kappa shape index (κ3) is 5.81. The molecular weight excluding hydrogens is 220 g/mol. The average Bonchev–Trinajstić information content (AvgIpc) is 2.23. The highest BCUT2D eigenvalue weighted by molar-refractivity contribution is 7.99. The second-order valence-electron chi connectivity index (χ2n) is 3.73. The Labute approximate surface area is 101 Å². The molecule has 1 rings (SSSR count). The minimum absolute atomic E-state index is 0.257. The van der Waals surface area contributed by atoms with Crippen LogP contribution in [0.2, 0.25) is 0 Å². The molecule has 16 heavy (non-hydrogen) atoms. The van der Waals surface area contributed by atoms with E-state index in [1.165, 1.54) is 5.56 Å². The second kappa shape index (κ2) is 7.34. The molecule has 0 unspecified atom stereocenters. The molecule has 2 nitrogen and oxygen atoms in total. The van der Waals surface area contributed by atoms with Crippen LogP contribution in [0.5, 0.6) is 5.75 Å². The van der Waals surface area contributed by atoms with Gasteiger partial charge in [0, 0.05) is 17.9 Å². The molecular formula is C13H18O2S. The largest absolute Gasteiger partial charge is 0.493 e. The molecule has 0 saturated carbocycles. The fourth-order valence-corrected chi connectivity index (χ4v) is 2.08. The first kappa shape index (κ1) is 13.1. The minimum Gasteiger partial charge on any atom is -0.493 e. The summed E-state index contributed by atoms with van der Waals surface area (Å²) in [5.41, 5.74) is 1.21. The Morgan fingerprint density at radius 3 is 2.88 bits per heavy atom. The molecule has 0 atom stereocenters. The van der Waals surface area contributed by atoms with Crippen molar-refractivity contribution in [2.75, 3.05) is 18.1 Å². The lowest BCUT2D eigenvalue weighted by atomic mass is 10.2. The quantitative estimate of drug-likeness (QED) is 0.683. The number of hydrogen-bond acceptors (Lipinski definition) is 3. The van der Waals surface area contributed by atoms with Crippen molar-refractivity contribution in [1.29, 1.82) is 0 Å². The van der Waals surface area contributed by atoms with Crippen LogP contribution in [0.3, 0.4) is 0 Å². The normalized spacial score (nSPS) is 10.1. The number of carbonyl (C=O) groups excluding carboxylic acids is 1. The van der Waals surface area contributed by atoms with Crippen LogP contribution in [0.15, 0.2) is 24.3 Å². The van der Waals surface area contributed by atoms with Crippen molar-refractivity contribution in [3.8, 4) is 5.75 Å². The summed E-state index contributed by atoms with van der Waals surface area (Å²) >= 11 is 1.76. The van der Waals surface area contributed by atoms with Crippen LogP contribution in [-0.2, 0) is 4.79 Å². The highest BCUT2D eigenvalue weighted by Gasteiger charge is 1.96. The van der Waals surface area contributed by atoms with Gasteiger partial charge in [-0.2, -0.15) is 11.8 Å². The molecule has 0 amide bonds. The number of hydrogen-bond donors (Lipinski definition) is 0. The minimum atomic E-state index is 0.257. The van der Waals surface area contributed by atoms with E-state index in [-0.39, 0.29) is 5.78 Å². The molecule has 0 aromatic heterocycles. The van der Waals surface area contributed by atoms with Crippen LogP contribution in [0, 0.1) is 6.92 Å². The van der Waals surface area contributed by atoms with Gasteiger partial charge in [-0.05, 0) is 31.5 Å². The summed E-state index contributed by atoms with van der Waals surface area (Å²) in [6.45, 7) is 4.38. The van der Waals surface area contributed by atoms with E-state index in [4.69, 9.17) is 4.74 Å². The van der Waals surface area contributed by atoms with Crippen molar-refractivity contribution in [1.82, 2.24) is 0 Å². The summed E-state index contributed by atoms with van der Waals surface area (Å²) in [5, 5.41) is 0. The van der Waals surface area contributed by atoms with Gasteiger partial charge in [-0.1, -0.05) is 12.1 Å². The average molecular weight is 238 g/mol.